The molecule has 2 amide bonds. The minimum absolute atomic E-state index is 0.00568. The number of hydrogen-bond acceptors (Lipinski definition) is 6. The fourth-order valence-corrected chi connectivity index (χ4v) is 3.73. The number of nitrogens with zero attached hydrogens (tertiary/aromatic N) is 4. The van der Waals surface area contributed by atoms with Crippen molar-refractivity contribution in [1.29, 1.82) is 0 Å². The van der Waals surface area contributed by atoms with E-state index in [2.05, 4.69) is 9.97 Å². The Bertz CT molecular complexity index is 1090. The van der Waals surface area contributed by atoms with Crippen LogP contribution in [0.15, 0.2) is 67.0 Å². The average molecular weight is 432 g/mol. The van der Waals surface area contributed by atoms with Crippen molar-refractivity contribution >= 4 is 11.8 Å². The molecule has 1 aromatic heterocycles. The smallest absolute Gasteiger partial charge is 0.321 e. The number of carbonyl (C=O) groups excluding carboxylic acids is 2. The topological polar surface area (TPSA) is 84.9 Å². The summed E-state index contributed by atoms with van der Waals surface area (Å²) < 4.78 is 10.9. The first-order chi connectivity index (χ1) is 15.5. The molecule has 0 spiro atoms. The molecule has 0 unspecified atom stereocenters. The summed E-state index contributed by atoms with van der Waals surface area (Å²) in [5.74, 6) is 1.08. The summed E-state index contributed by atoms with van der Waals surface area (Å²) >= 11 is 0. The summed E-state index contributed by atoms with van der Waals surface area (Å²) in [6, 6.07) is 16.2. The number of aromatic nitrogens is 2. The maximum Gasteiger partial charge on any atom is 0.321 e. The van der Waals surface area contributed by atoms with Gasteiger partial charge in [-0.2, -0.15) is 0 Å². The maximum absolute atomic E-state index is 13.5. The van der Waals surface area contributed by atoms with Crippen LogP contribution in [0.1, 0.15) is 28.9 Å². The van der Waals surface area contributed by atoms with Gasteiger partial charge in [0.2, 0.25) is 5.91 Å². The lowest BCUT2D eigenvalue weighted by atomic mass is 10.0. The number of methoxy groups -OCH3 is 1. The third kappa shape index (κ3) is 4.69. The molecule has 0 saturated carbocycles. The van der Waals surface area contributed by atoms with E-state index < -0.39 is 0 Å². The number of amides is 2. The first kappa shape index (κ1) is 21.3. The summed E-state index contributed by atoms with van der Waals surface area (Å²) in [6.45, 7) is 2.90. The zero-order valence-electron chi connectivity index (χ0n) is 18.0. The van der Waals surface area contributed by atoms with Gasteiger partial charge in [-0.25, -0.2) is 9.97 Å². The standard InChI is InChI=1S/C24H24N4O4/c1-17(29)27-13-14-28(22(16-27)18-7-9-20(31-2)10-8-18)23(30)19-5-3-6-21(15-19)32-24-25-11-4-12-26-24/h3-12,15,22H,13-14,16H2,1-2H3/t22-/m0/s1. The lowest BCUT2D eigenvalue weighted by Gasteiger charge is -2.41. The second kappa shape index (κ2) is 9.47. The Morgan fingerprint density at radius 3 is 2.41 bits per heavy atom. The van der Waals surface area contributed by atoms with Crippen LogP contribution in [0.3, 0.4) is 0 Å². The SMILES string of the molecule is COc1ccc([C@@H]2CN(C(C)=O)CCN2C(=O)c2cccc(Oc3ncccn3)c2)cc1. The summed E-state index contributed by atoms with van der Waals surface area (Å²) in [4.78, 5) is 37.2. The zero-order chi connectivity index (χ0) is 22.5. The predicted molar refractivity (Wildman–Crippen MR) is 118 cm³/mol. The van der Waals surface area contributed by atoms with E-state index in [1.807, 2.05) is 24.3 Å². The van der Waals surface area contributed by atoms with Crippen LogP contribution < -0.4 is 9.47 Å². The van der Waals surface area contributed by atoms with Gasteiger partial charge in [-0.15, -0.1) is 0 Å². The molecule has 8 nitrogen and oxygen atoms in total. The van der Waals surface area contributed by atoms with E-state index in [9.17, 15) is 9.59 Å². The van der Waals surface area contributed by atoms with Gasteiger partial charge in [0, 0.05) is 44.5 Å². The fraction of sp³-hybridized carbons (Fsp3) is 0.250. The van der Waals surface area contributed by atoms with Crippen LogP contribution in [-0.2, 0) is 4.79 Å². The highest BCUT2D eigenvalue weighted by molar-refractivity contribution is 5.95. The Kier molecular flexibility index (Phi) is 6.30. The molecular formula is C24H24N4O4. The van der Waals surface area contributed by atoms with Crippen molar-refractivity contribution in [2.24, 2.45) is 0 Å². The normalized spacial score (nSPS) is 15.9. The Hall–Kier alpha value is -3.94. The molecule has 1 saturated heterocycles. The number of benzene rings is 2. The molecule has 1 aliphatic heterocycles. The van der Waals surface area contributed by atoms with Gasteiger partial charge in [-0.05, 0) is 42.0 Å². The van der Waals surface area contributed by atoms with Crippen molar-refractivity contribution in [3.8, 4) is 17.5 Å². The molecule has 0 radical (unpaired) electrons. The van der Waals surface area contributed by atoms with Crippen LogP contribution in [0, 0.1) is 0 Å². The van der Waals surface area contributed by atoms with E-state index in [-0.39, 0.29) is 23.9 Å². The molecule has 8 heteroatoms. The Morgan fingerprint density at radius 2 is 1.72 bits per heavy atom. The number of piperazine rings is 1. The van der Waals surface area contributed by atoms with E-state index >= 15 is 0 Å². The lowest BCUT2D eigenvalue weighted by Crippen LogP contribution is -2.51. The average Bonchev–Trinajstić information content (AvgIpc) is 2.84. The molecular weight excluding hydrogens is 408 g/mol. The van der Waals surface area contributed by atoms with E-state index in [1.165, 1.54) is 0 Å². The highest BCUT2D eigenvalue weighted by atomic mass is 16.5. The molecule has 2 aromatic carbocycles. The van der Waals surface area contributed by atoms with Crippen LogP contribution >= 0.6 is 0 Å². The number of rotatable bonds is 5. The van der Waals surface area contributed by atoms with Crippen molar-refractivity contribution in [3.63, 3.8) is 0 Å². The summed E-state index contributed by atoms with van der Waals surface area (Å²) in [5.41, 5.74) is 1.43. The molecule has 164 valence electrons. The molecule has 2 heterocycles. The van der Waals surface area contributed by atoms with Gasteiger partial charge in [0.15, 0.2) is 0 Å². The van der Waals surface area contributed by atoms with Gasteiger partial charge in [0.1, 0.15) is 11.5 Å². The molecule has 1 aliphatic rings. The monoisotopic (exact) mass is 432 g/mol. The van der Waals surface area contributed by atoms with Crippen molar-refractivity contribution < 1.29 is 19.1 Å². The van der Waals surface area contributed by atoms with E-state index in [4.69, 9.17) is 9.47 Å². The van der Waals surface area contributed by atoms with Gasteiger partial charge >= 0.3 is 6.01 Å². The highest BCUT2D eigenvalue weighted by Crippen LogP contribution is 2.29. The van der Waals surface area contributed by atoms with E-state index in [0.717, 1.165) is 11.3 Å². The van der Waals surface area contributed by atoms with Gasteiger partial charge in [-0.3, -0.25) is 9.59 Å². The number of ether oxygens (including phenoxy) is 2. The summed E-state index contributed by atoms with van der Waals surface area (Å²) in [5, 5.41) is 0. The predicted octanol–water partition coefficient (Wildman–Crippen LogP) is 3.32. The minimum Gasteiger partial charge on any atom is -0.497 e. The highest BCUT2D eigenvalue weighted by Gasteiger charge is 2.33. The van der Waals surface area contributed by atoms with Crippen molar-refractivity contribution in [2.75, 3.05) is 26.7 Å². The van der Waals surface area contributed by atoms with Crippen LogP contribution in [0.4, 0.5) is 0 Å². The number of hydrogen-bond donors (Lipinski definition) is 0. The maximum atomic E-state index is 13.5. The molecule has 0 N–H and O–H groups in total. The van der Waals surface area contributed by atoms with Gasteiger partial charge in [0.05, 0.1) is 13.2 Å². The zero-order valence-corrected chi connectivity index (χ0v) is 18.0. The second-order valence-corrected chi connectivity index (χ2v) is 7.41. The molecule has 0 aliphatic carbocycles. The minimum atomic E-state index is -0.270. The molecule has 1 fully saturated rings. The van der Waals surface area contributed by atoms with Gasteiger partial charge < -0.3 is 19.3 Å². The van der Waals surface area contributed by atoms with Crippen LogP contribution in [0.5, 0.6) is 17.5 Å². The summed E-state index contributed by atoms with van der Waals surface area (Å²) in [6.07, 6.45) is 3.18. The second-order valence-electron chi connectivity index (χ2n) is 7.41. The molecule has 3 aromatic rings. The largest absolute Gasteiger partial charge is 0.497 e. The Balaban J connectivity index is 1.60. The fourth-order valence-electron chi connectivity index (χ4n) is 3.73. The van der Waals surface area contributed by atoms with Crippen molar-refractivity contribution in [3.05, 3.63) is 78.1 Å². The molecule has 0 bridgehead atoms. The number of carbonyl (C=O) groups is 2. The van der Waals surface area contributed by atoms with Crippen molar-refractivity contribution in [1.82, 2.24) is 19.8 Å². The third-order valence-electron chi connectivity index (χ3n) is 5.42. The third-order valence-corrected chi connectivity index (χ3v) is 5.42. The van der Waals surface area contributed by atoms with E-state index in [0.29, 0.717) is 30.9 Å². The first-order valence-corrected chi connectivity index (χ1v) is 10.3. The summed E-state index contributed by atoms with van der Waals surface area (Å²) in [7, 11) is 1.61. The van der Waals surface area contributed by atoms with Gasteiger partial charge in [0.25, 0.3) is 5.91 Å². The van der Waals surface area contributed by atoms with Gasteiger partial charge in [-0.1, -0.05) is 18.2 Å². The Labute approximate surface area is 186 Å². The molecule has 1 atom stereocenters. The van der Waals surface area contributed by atoms with Crippen LogP contribution in [-0.4, -0.2) is 58.3 Å². The van der Waals surface area contributed by atoms with Crippen LogP contribution in [0.25, 0.3) is 0 Å². The molecule has 4 rings (SSSR count). The first-order valence-electron chi connectivity index (χ1n) is 10.3. The quantitative estimate of drug-likeness (QED) is 0.615. The van der Waals surface area contributed by atoms with E-state index in [1.54, 1.807) is 66.6 Å². The Morgan fingerprint density at radius 1 is 0.969 bits per heavy atom. The van der Waals surface area contributed by atoms with Crippen molar-refractivity contribution in [2.45, 2.75) is 13.0 Å². The molecule has 32 heavy (non-hydrogen) atoms. The van der Waals surface area contributed by atoms with Crippen LogP contribution in [0.2, 0.25) is 0 Å². The lowest BCUT2D eigenvalue weighted by molar-refractivity contribution is -0.131.